The zero-order chi connectivity index (χ0) is 24.1. The second kappa shape index (κ2) is 10.8. The molecule has 1 saturated heterocycles. The van der Waals surface area contributed by atoms with Gasteiger partial charge >= 0.3 is 0 Å². The van der Waals surface area contributed by atoms with Crippen LogP contribution in [0.15, 0.2) is 42.5 Å². The van der Waals surface area contributed by atoms with Crippen LogP contribution in [0.25, 0.3) is 0 Å². The first kappa shape index (κ1) is 24.7. The van der Waals surface area contributed by atoms with Gasteiger partial charge in [0.05, 0.1) is 17.3 Å². The van der Waals surface area contributed by atoms with Gasteiger partial charge in [0, 0.05) is 49.1 Å². The van der Waals surface area contributed by atoms with E-state index in [0.29, 0.717) is 23.5 Å². The Labute approximate surface area is 196 Å². The molecule has 1 aliphatic heterocycles. The Balaban J connectivity index is 1.98. The maximum absolute atomic E-state index is 15.0. The molecular formula is C26H34FN5O. The van der Waals surface area contributed by atoms with Gasteiger partial charge < -0.3 is 15.5 Å². The summed E-state index contributed by atoms with van der Waals surface area (Å²) < 4.78 is 15.0. The van der Waals surface area contributed by atoms with E-state index in [1.165, 1.54) is 12.1 Å². The van der Waals surface area contributed by atoms with E-state index in [9.17, 15) is 14.4 Å². The first-order valence-electron chi connectivity index (χ1n) is 11.6. The van der Waals surface area contributed by atoms with Crippen molar-refractivity contribution in [3.05, 3.63) is 59.4 Å². The van der Waals surface area contributed by atoms with Crippen LogP contribution in [0.2, 0.25) is 0 Å². The Morgan fingerprint density at radius 1 is 1.12 bits per heavy atom. The van der Waals surface area contributed by atoms with Gasteiger partial charge in [0.2, 0.25) is 0 Å². The fourth-order valence-electron chi connectivity index (χ4n) is 4.65. The monoisotopic (exact) mass is 451 g/mol. The van der Waals surface area contributed by atoms with Crippen molar-refractivity contribution in [1.82, 2.24) is 9.80 Å². The topological polar surface area (TPSA) is 76.6 Å². The van der Waals surface area contributed by atoms with Crippen molar-refractivity contribution in [2.75, 3.05) is 24.7 Å². The number of nitriles is 1. The normalized spacial score (nSPS) is 15.0. The fraction of sp³-hybridized carbons (Fsp3) is 0.462. The highest BCUT2D eigenvalue weighted by atomic mass is 19.1. The molecule has 176 valence electrons. The van der Waals surface area contributed by atoms with Crippen LogP contribution in [-0.2, 0) is 0 Å². The number of nitrogens with two attached hydrogens (primary N) is 1. The highest BCUT2D eigenvalue weighted by Gasteiger charge is 2.28. The van der Waals surface area contributed by atoms with Crippen LogP contribution in [-0.4, -0.2) is 53.6 Å². The van der Waals surface area contributed by atoms with Crippen molar-refractivity contribution in [3.8, 4) is 6.07 Å². The number of hydrogen-bond acceptors (Lipinski definition) is 5. The van der Waals surface area contributed by atoms with Gasteiger partial charge in [-0.2, -0.15) is 5.26 Å². The molecule has 2 aromatic rings. The van der Waals surface area contributed by atoms with Crippen LogP contribution in [0.3, 0.4) is 0 Å². The van der Waals surface area contributed by atoms with Crippen LogP contribution < -0.4 is 10.6 Å². The number of carbonyl (C=O) groups excluding carboxylic acids is 1. The molecule has 0 aromatic heterocycles. The third kappa shape index (κ3) is 5.52. The van der Waals surface area contributed by atoms with E-state index in [1.54, 1.807) is 6.07 Å². The lowest BCUT2D eigenvalue weighted by Gasteiger charge is -2.39. The van der Waals surface area contributed by atoms with Crippen LogP contribution in [0.1, 0.15) is 56.5 Å². The van der Waals surface area contributed by atoms with E-state index >= 15 is 0 Å². The summed E-state index contributed by atoms with van der Waals surface area (Å²) in [7, 11) is 0. The molecule has 2 N–H and O–H groups in total. The standard InChI is InChI=1S/C26H34FN5O/c1-18(2)31(19(3)4)26(33)21-6-8-22(9-7-21)32(23-11-13-30(17-29)14-12-23)25-15-20(16-28)5-10-24(25)27/h5-10,15,18-19,23H,11-14,17,29H2,1-4H3. The highest BCUT2D eigenvalue weighted by Crippen LogP contribution is 2.34. The van der Waals surface area contributed by atoms with Crippen molar-refractivity contribution in [2.45, 2.75) is 58.7 Å². The van der Waals surface area contributed by atoms with Gasteiger partial charge in [-0.3, -0.25) is 9.69 Å². The smallest absolute Gasteiger partial charge is 0.254 e. The van der Waals surface area contributed by atoms with Crippen LogP contribution >= 0.6 is 0 Å². The predicted molar refractivity (Wildman–Crippen MR) is 130 cm³/mol. The van der Waals surface area contributed by atoms with E-state index in [-0.39, 0.29) is 29.8 Å². The lowest BCUT2D eigenvalue weighted by molar-refractivity contribution is 0.0643. The van der Waals surface area contributed by atoms with E-state index in [0.717, 1.165) is 31.6 Å². The van der Waals surface area contributed by atoms with Crippen molar-refractivity contribution in [3.63, 3.8) is 0 Å². The lowest BCUT2D eigenvalue weighted by atomic mass is 10.00. The molecular weight excluding hydrogens is 417 g/mol. The SMILES string of the molecule is CC(C)N(C(=O)c1ccc(N(c2cc(C#N)ccc2F)C2CCN(CN)CC2)cc1)C(C)C. The molecule has 0 aliphatic carbocycles. The molecule has 7 heteroatoms. The van der Waals surface area contributed by atoms with Gasteiger partial charge in [-0.25, -0.2) is 4.39 Å². The van der Waals surface area contributed by atoms with Crippen molar-refractivity contribution >= 4 is 17.3 Å². The molecule has 2 aromatic carbocycles. The maximum atomic E-state index is 15.0. The highest BCUT2D eigenvalue weighted by molar-refractivity contribution is 5.95. The summed E-state index contributed by atoms with van der Waals surface area (Å²) in [6.07, 6.45) is 1.64. The minimum atomic E-state index is -0.374. The molecule has 1 aliphatic rings. The molecule has 6 nitrogen and oxygen atoms in total. The Kier molecular flexibility index (Phi) is 8.06. The molecule has 0 radical (unpaired) electrons. The third-order valence-corrected chi connectivity index (χ3v) is 6.25. The first-order valence-corrected chi connectivity index (χ1v) is 11.6. The summed E-state index contributed by atoms with van der Waals surface area (Å²) in [4.78, 5) is 19.1. The number of benzene rings is 2. The minimum Gasteiger partial charge on any atom is -0.336 e. The summed E-state index contributed by atoms with van der Waals surface area (Å²) in [5.41, 5.74) is 7.99. The first-order chi connectivity index (χ1) is 15.8. The molecule has 33 heavy (non-hydrogen) atoms. The largest absolute Gasteiger partial charge is 0.336 e. The second-order valence-electron chi connectivity index (χ2n) is 9.13. The fourth-order valence-corrected chi connectivity index (χ4v) is 4.65. The maximum Gasteiger partial charge on any atom is 0.254 e. The van der Waals surface area contributed by atoms with Gasteiger partial charge in [0.15, 0.2) is 0 Å². The molecule has 0 spiro atoms. The Morgan fingerprint density at radius 2 is 1.73 bits per heavy atom. The van der Waals surface area contributed by atoms with Gasteiger partial charge in [-0.1, -0.05) is 0 Å². The van der Waals surface area contributed by atoms with E-state index in [4.69, 9.17) is 5.73 Å². The number of anilines is 2. The summed E-state index contributed by atoms with van der Waals surface area (Å²) in [5, 5.41) is 9.37. The van der Waals surface area contributed by atoms with Crippen molar-refractivity contribution in [2.24, 2.45) is 5.73 Å². The molecule has 0 atom stereocenters. The number of carbonyl (C=O) groups is 1. The van der Waals surface area contributed by atoms with Crippen LogP contribution in [0, 0.1) is 17.1 Å². The number of nitrogens with zero attached hydrogens (tertiary/aromatic N) is 4. The average molecular weight is 452 g/mol. The number of hydrogen-bond donors (Lipinski definition) is 1. The van der Waals surface area contributed by atoms with Crippen molar-refractivity contribution in [1.29, 1.82) is 5.26 Å². The van der Waals surface area contributed by atoms with Crippen molar-refractivity contribution < 1.29 is 9.18 Å². The molecule has 0 unspecified atom stereocenters. The molecule has 0 saturated carbocycles. The Hall–Kier alpha value is -2.95. The lowest BCUT2D eigenvalue weighted by Crippen LogP contribution is -2.45. The number of amides is 1. The summed E-state index contributed by atoms with van der Waals surface area (Å²) in [5.74, 6) is -0.395. The van der Waals surface area contributed by atoms with Crippen LogP contribution in [0.4, 0.5) is 15.8 Å². The Morgan fingerprint density at radius 3 is 2.24 bits per heavy atom. The number of likely N-dealkylation sites (tertiary alicyclic amines) is 1. The molecule has 1 amide bonds. The van der Waals surface area contributed by atoms with Crippen LogP contribution in [0.5, 0.6) is 0 Å². The van der Waals surface area contributed by atoms with Gasteiger partial charge in [-0.05, 0) is 83.0 Å². The van der Waals surface area contributed by atoms with E-state index in [2.05, 4.69) is 11.0 Å². The quantitative estimate of drug-likeness (QED) is 0.672. The zero-order valence-corrected chi connectivity index (χ0v) is 20.0. The van der Waals surface area contributed by atoms with Gasteiger partial charge in [-0.15, -0.1) is 0 Å². The second-order valence-corrected chi connectivity index (χ2v) is 9.13. The zero-order valence-electron chi connectivity index (χ0n) is 20.0. The number of piperidine rings is 1. The molecule has 3 rings (SSSR count). The Bertz CT molecular complexity index is 983. The minimum absolute atomic E-state index is 0.0213. The molecule has 1 fully saturated rings. The third-order valence-electron chi connectivity index (χ3n) is 6.25. The van der Waals surface area contributed by atoms with Gasteiger partial charge in [0.1, 0.15) is 5.82 Å². The van der Waals surface area contributed by atoms with E-state index in [1.807, 2.05) is 61.8 Å². The van der Waals surface area contributed by atoms with Gasteiger partial charge in [0.25, 0.3) is 5.91 Å². The number of halogens is 1. The predicted octanol–water partition coefficient (Wildman–Crippen LogP) is 4.48. The van der Waals surface area contributed by atoms with E-state index < -0.39 is 0 Å². The summed E-state index contributed by atoms with van der Waals surface area (Å²) >= 11 is 0. The summed E-state index contributed by atoms with van der Waals surface area (Å²) in [6, 6.07) is 14.1. The average Bonchev–Trinajstić information content (AvgIpc) is 2.81. The number of rotatable bonds is 7. The molecule has 0 bridgehead atoms. The molecule has 1 heterocycles. The summed E-state index contributed by atoms with van der Waals surface area (Å²) in [6.45, 7) is 10.2.